The molecule has 0 spiro atoms. The molecule has 4 nitrogen and oxygen atoms in total. The zero-order valence-corrected chi connectivity index (χ0v) is 14.0. The number of anilines is 1. The number of nitrogens with one attached hydrogen (secondary N) is 3. The second kappa shape index (κ2) is 8.41. The smallest absolute Gasteiger partial charge is 0.170 e. The van der Waals surface area contributed by atoms with Crippen LogP contribution < -0.4 is 15.5 Å². The fourth-order valence-electron chi connectivity index (χ4n) is 2.66. The van der Waals surface area contributed by atoms with Gasteiger partial charge in [0, 0.05) is 18.2 Å². The number of thiocarbonyl (C=S) groups is 1. The van der Waals surface area contributed by atoms with Gasteiger partial charge in [-0.1, -0.05) is 13.8 Å². The Balaban J connectivity index is 1.72. The molecule has 1 aromatic carbocycles. The van der Waals surface area contributed by atoms with Gasteiger partial charge in [0.05, 0.1) is 13.2 Å². The first kappa shape index (κ1) is 17.1. The molecule has 1 aromatic rings. The maximum absolute atomic E-state index is 12.8. The summed E-state index contributed by atoms with van der Waals surface area (Å²) in [5.74, 6) is 0.441. The van der Waals surface area contributed by atoms with E-state index in [1.54, 1.807) is 17.0 Å². The lowest BCUT2D eigenvalue weighted by Crippen LogP contribution is -3.15. The molecule has 1 unspecified atom stereocenters. The molecule has 1 heterocycles. The van der Waals surface area contributed by atoms with E-state index in [9.17, 15) is 4.39 Å². The number of ether oxygens (including phenoxy) is 1. The number of morpholine rings is 1. The largest absolute Gasteiger partial charge is 0.365 e. The molecule has 6 heteroatoms. The summed E-state index contributed by atoms with van der Waals surface area (Å²) in [6.07, 6.45) is 0.176. The fourth-order valence-corrected chi connectivity index (χ4v) is 2.86. The molecule has 0 radical (unpaired) electrons. The third-order valence-electron chi connectivity index (χ3n) is 3.61. The minimum Gasteiger partial charge on any atom is -0.365 e. The van der Waals surface area contributed by atoms with E-state index < -0.39 is 0 Å². The van der Waals surface area contributed by atoms with Crippen LogP contribution in [-0.2, 0) is 4.74 Å². The minimum absolute atomic E-state index is 0.176. The van der Waals surface area contributed by atoms with E-state index in [1.807, 2.05) is 0 Å². The van der Waals surface area contributed by atoms with E-state index in [-0.39, 0.29) is 11.9 Å². The molecule has 3 N–H and O–H groups in total. The van der Waals surface area contributed by atoms with E-state index in [0.717, 1.165) is 25.4 Å². The molecule has 1 aliphatic rings. The summed E-state index contributed by atoms with van der Waals surface area (Å²) in [5.41, 5.74) is 0.774. The predicted molar refractivity (Wildman–Crippen MR) is 90.8 cm³/mol. The Bertz CT molecular complexity index is 481. The number of hydrogen-bond donors (Lipinski definition) is 3. The van der Waals surface area contributed by atoms with Crippen LogP contribution in [0.1, 0.15) is 13.8 Å². The molecule has 2 rings (SSSR count). The normalized spacial score (nSPS) is 21.6. The molecular formula is C16H25FN3OS+. The summed E-state index contributed by atoms with van der Waals surface area (Å²) >= 11 is 5.26. The summed E-state index contributed by atoms with van der Waals surface area (Å²) < 4.78 is 18.6. The van der Waals surface area contributed by atoms with Crippen LogP contribution in [0.15, 0.2) is 24.3 Å². The quantitative estimate of drug-likeness (QED) is 0.707. The Morgan fingerprint density at radius 2 is 2.14 bits per heavy atom. The number of hydrogen-bond acceptors (Lipinski definition) is 2. The van der Waals surface area contributed by atoms with Crippen molar-refractivity contribution in [3.63, 3.8) is 0 Å². The van der Waals surface area contributed by atoms with Crippen molar-refractivity contribution in [3.8, 4) is 0 Å². The molecule has 0 amide bonds. The number of rotatable bonds is 5. The van der Waals surface area contributed by atoms with Crippen LogP contribution in [0.2, 0.25) is 0 Å². The van der Waals surface area contributed by atoms with E-state index in [4.69, 9.17) is 17.0 Å². The third-order valence-corrected chi connectivity index (χ3v) is 3.86. The van der Waals surface area contributed by atoms with E-state index >= 15 is 0 Å². The fraction of sp³-hybridized carbons (Fsp3) is 0.562. The first-order chi connectivity index (χ1) is 10.5. The molecule has 2 atom stereocenters. The minimum atomic E-state index is -0.256. The molecule has 0 aromatic heterocycles. The molecule has 0 saturated carbocycles. The van der Waals surface area contributed by atoms with Gasteiger partial charge in [-0.05, 0) is 36.5 Å². The van der Waals surface area contributed by atoms with E-state index in [2.05, 4.69) is 24.5 Å². The van der Waals surface area contributed by atoms with Crippen molar-refractivity contribution in [2.45, 2.75) is 20.0 Å². The van der Waals surface area contributed by atoms with Gasteiger partial charge in [0.1, 0.15) is 25.0 Å². The Hall–Kier alpha value is -1.24. The maximum Gasteiger partial charge on any atom is 0.170 e. The van der Waals surface area contributed by atoms with Crippen molar-refractivity contribution >= 4 is 23.0 Å². The molecule has 0 bridgehead atoms. The van der Waals surface area contributed by atoms with Crippen molar-refractivity contribution in [1.29, 1.82) is 0 Å². The first-order valence-corrected chi connectivity index (χ1v) is 8.19. The van der Waals surface area contributed by atoms with Crippen molar-refractivity contribution in [3.05, 3.63) is 30.1 Å². The average Bonchev–Trinajstić information content (AvgIpc) is 2.47. The van der Waals surface area contributed by atoms with Crippen LogP contribution in [0.5, 0.6) is 0 Å². The van der Waals surface area contributed by atoms with Crippen molar-refractivity contribution < 1.29 is 14.0 Å². The number of benzene rings is 1. The topological polar surface area (TPSA) is 37.7 Å². The standard InChI is InChI=1S/C16H24FN3OS/c1-12(2)10-20-7-8-21-15(11-20)9-18-16(22)19-14-5-3-13(17)4-6-14/h3-6,12,15H,7-11H2,1-2H3,(H2,18,19,22)/p+1/t15-/m0/s1. The summed E-state index contributed by atoms with van der Waals surface area (Å²) in [6.45, 7) is 9.24. The Kier molecular flexibility index (Phi) is 6.54. The second-order valence-corrected chi connectivity index (χ2v) is 6.55. The summed E-state index contributed by atoms with van der Waals surface area (Å²) in [5, 5.41) is 6.75. The lowest BCUT2D eigenvalue weighted by Gasteiger charge is -2.31. The van der Waals surface area contributed by atoms with Crippen molar-refractivity contribution in [2.75, 3.05) is 38.1 Å². The van der Waals surface area contributed by atoms with Crippen LogP contribution >= 0.6 is 12.2 Å². The first-order valence-electron chi connectivity index (χ1n) is 7.78. The highest BCUT2D eigenvalue weighted by Crippen LogP contribution is 2.07. The van der Waals surface area contributed by atoms with Gasteiger partial charge < -0.3 is 20.3 Å². The van der Waals surface area contributed by atoms with Gasteiger partial charge in [-0.25, -0.2) is 4.39 Å². The van der Waals surface area contributed by atoms with E-state index in [0.29, 0.717) is 17.6 Å². The monoisotopic (exact) mass is 326 g/mol. The number of halogens is 1. The molecule has 0 aliphatic carbocycles. The van der Waals surface area contributed by atoms with E-state index in [1.165, 1.54) is 18.7 Å². The Morgan fingerprint density at radius 1 is 1.41 bits per heavy atom. The van der Waals surface area contributed by atoms with Crippen LogP contribution in [-0.4, -0.2) is 44.0 Å². The molecule has 1 fully saturated rings. The predicted octanol–water partition coefficient (Wildman–Crippen LogP) is 1.05. The van der Waals surface area contributed by atoms with Crippen molar-refractivity contribution in [2.24, 2.45) is 5.92 Å². The molecular weight excluding hydrogens is 301 g/mol. The molecule has 1 aliphatic heterocycles. The van der Waals surface area contributed by atoms with Gasteiger partial charge in [0.15, 0.2) is 5.11 Å². The third kappa shape index (κ3) is 5.87. The van der Waals surface area contributed by atoms with Gasteiger partial charge in [0.2, 0.25) is 0 Å². The average molecular weight is 326 g/mol. The summed E-state index contributed by atoms with van der Waals surface area (Å²) in [4.78, 5) is 1.59. The summed E-state index contributed by atoms with van der Waals surface area (Å²) in [7, 11) is 0. The van der Waals surface area contributed by atoms with Gasteiger partial charge in [-0.15, -0.1) is 0 Å². The Morgan fingerprint density at radius 3 is 2.82 bits per heavy atom. The SMILES string of the molecule is CC(C)C[NH+]1CCO[C@@H](CNC(=S)Nc2ccc(F)cc2)C1. The van der Waals surface area contributed by atoms with Gasteiger partial charge in [-0.2, -0.15) is 0 Å². The highest BCUT2D eigenvalue weighted by Gasteiger charge is 2.24. The molecule has 122 valence electrons. The Labute approximate surface area is 137 Å². The molecule has 1 saturated heterocycles. The highest BCUT2D eigenvalue weighted by molar-refractivity contribution is 7.80. The van der Waals surface area contributed by atoms with Gasteiger partial charge in [0.25, 0.3) is 0 Å². The molecule has 22 heavy (non-hydrogen) atoms. The van der Waals surface area contributed by atoms with Gasteiger partial charge >= 0.3 is 0 Å². The summed E-state index contributed by atoms with van der Waals surface area (Å²) in [6, 6.07) is 6.13. The zero-order valence-electron chi connectivity index (χ0n) is 13.2. The van der Waals surface area contributed by atoms with Crippen LogP contribution in [0.3, 0.4) is 0 Å². The van der Waals surface area contributed by atoms with Crippen LogP contribution in [0, 0.1) is 11.7 Å². The van der Waals surface area contributed by atoms with Crippen molar-refractivity contribution in [1.82, 2.24) is 5.32 Å². The maximum atomic E-state index is 12.8. The lowest BCUT2D eigenvalue weighted by atomic mass is 10.2. The second-order valence-electron chi connectivity index (χ2n) is 6.14. The highest BCUT2D eigenvalue weighted by atomic mass is 32.1. The van der Waals surface area contributed by atoms with Crippen LogP contribution in [0.4, 0.5) is 10.1 Å². The van der Waals surface area contributed by atoms with Crippen LogP contribution in [0.25, 0.3) is 0 Å². The van der Waals surface area contributed by atoms with Gasteiger partial charge in [-0.3, -0.25) is 0 Å². The lowest BCUT2D eigenvalue weighted by molar-refractivity contribution is -0.914. The zero-order chi connectivity index (χ0) is 15.9. The number of quaternary nitrogens is 1.